The lowest BCUT2D eigenvalue weighted by Crippen LogP contribution is -2.11. The molecule has 78 valence electrons. The summed E-state index contributed by atoms with van der Waals surface area (Å²) in [7, 11) is 0. The fourth-order valence-electron chi connectivity index (χ4n) is 1.06. The van der Waals surface area contributed by atoms with Gasteiger partial charge in [0, 0.05) is 6.54 Å². The second-order valence-corrected chi connectivity index (χ2v) is 3.52. The van der Waals surface area contributed by atoms with Gasteiger partial charge in [-0.15, -0.1) is 0 Å². The molecule has 0 aliphatic heterocycles. The minimum Gasteiger partial charge on any atom is -0.382 e. The van der Waals surface area contributed by atoms with Crippen molar-refractivity contribution in [3.05, 3.63) is 29.8 Å². The fourth-order valence-corrected chi connectivity index (χ4v) is 1.06. The monoisotopic (exact) mass is 199 g/mol. The largest absolute Gasteiger partial charge is 0.382 e. The topological polar surface area (TPSA) is 12.0 Å². The van der Waals surface area contributed by atoms with Crippen LogP contribution in [0.5, 0.6) is 0 Å². The Kier molecular flexibility index (Phi) is 3.86. The highest BCUT2D eigenvalue weighted by Crippen LogP contribution is 2.15. The lowest BCUT2D eigenvalue weighted by molar-refractivity contribution is 0.579. The number of hydrogen-bond acceptors (Lipinski definition) is 1. The van der Waals surface area contributed by atoms with Crippen molar-refractivity contribution in [2.45, 2.75) is 20.3 Å². The molecule has 3 heteroatoms. The molecule has 1 atom stereocenters. The van der Waals surface area contributed by atoms with Gasteiger partial charge >= 0.3 is 0 Å². The number of rotatable bonds is 4. The molecule has 14 heavy (non-hydrogen) atoms. The summed E-state index contributed by atoms with van der Waals surface area (Å²) in [6.07, 6.45) is 1.02. The third kappa shape index (κ3) is 2.98. The molecule has 1 N–H and O–H groups in total. The van der Waals surface area contributed by atoms with Crippen molar-refractivity contribution in [2.24, 2.45) is 5.92 Å². The number of nitrogens with one attached hydrogen (secondary N) is 1. The van der Waals surface area contributed by atoms with Crippen LogP contribution in [0.2, 0.25) is 0 Å². The first-order valence-corrected chi connectivity index (χ1v) is 4.82. The molecule has 0 aliphatic rings. The Balaban J connectivity index is 2.62. The van der Waals surface area contributed by atoms with Gasteiger partial charge in [0.2, 0.25) is 0 Å². The molecule has 0 amide bonds. The van der Waals surface area contributed by atoms with Crippen molar-refractivity contribution in [2.75, 3.05) is 11.9 Å². The fraction of sp³-hybridized carbons (Fsp3) is 0.455. The van der Waals surface area contributed by atoms with Crippen LogP contribution >= 0.6 is 0 Å². The molecule has 1 aromatic carbocycles. The zero-order valence-corrected chi connectivity index (χ0v) is 8.48. The molecule has 1 nitrogen and oxygen atoms in total. The van der Waals surface area contributed by atoms with E-state index in [2.05, 4.69) is 19.2 Å². The van der Waals surface area contributed by atoms with Gasteiger partial charge in [-0.1, -0.05) is 20.3 Å². The minimum atomic E-state index is -0.418. The van der Waals surface area contributed by atoms with Crippen LogP contribution in [0.15, 0.2) is 18.2 Å². The highest BCUT2D eigenvalue weighted by Gasteiger charge is 2.04. The van der Waals surface area contributed by atoms with E-state index in [1.807, 2.05) is 0 Å². The van der Waals surface area contributed by atoms with Gasteiger partial charge in [-0.25, -0.2) is 8.78 Å². The lowest BCUT2D eigenvalue weighted by atomic mass is 10.1. The summed E-state index contributed by atoms with van der Waals surface area (Å²) >= 11 is 0. The van der Waals surface area contributed by atoms with Gasteiger partial charge in [0.1, 0.15) is 11.6 Å². The summed E-state index contributed by atoms with van der Waals surface area (Å²) in [6, 6.07) is 3.43. The van der Waals surface area contributed by atoms with Crippen LogP contribution in [-0.2, 0) is 0 Å². The Labute approximate surface area is 83.1 Å². The Morgan fingerprint density at radius 3 is 2.71 bits per heavy atom. The lowest BCUT2D eigenvalue weighted by Gasteiger charge is -2.11. The number of hydrogen-bond donors (Lipinski definition) is 1. The molecule has 1 unspecified atom stereocenters. The van der Waals surface area contributed by atoms with E-state index in [1.165, 1.54) is 6.07 Å². The molecule has 0 fully saturated rings. The molecule has 0 radical (unpaired) electrons. The molecular formula is C11H15F2N. The maximum Gasteiger partial charge on any atom is 0.146 e. The SMILES string of the molecule is CCC(C)CNc1cc(F)ccc1F. The van der Waals surface area contributed by atoms with E-state index in [0.29, 0.717) is 12.5 Å². The Morgan fingerprint density at radius 1 is 1.36 bits per heavy atom. The number of anilines is 1. The van der Waals surface area contributed by atoms with E-state index in [9.17, 15) is 8.78 Å². The Bertz CT molecular complexity index is 299. The van der Waals surface area contributed by atoms with Crippen LogP contribution in [-0.4, -0.2) is 6.54 Å². The molecule has 0 aromatic heterocycles. The zero-order chi connectivity index (χ0) is 10.6. The first-order valence-electron chi connectivity index (χ1n) is 4.82. The highest BCUT2D eigenvalue weighted by molar-refractivity contribution is 5.44. The van der Waals surface area contributed by atoms with Gasteiger partial charge in [0.25, 0.3) is 0 Å². The van der Waals surface area contributed by atoms with Gasteiger partial charge in [-0.2, -0.15) is 0 Å². The molecule has 0 spiro atoms. The standard InChI is InChI=1S/C11H15F2N/c1-3-8(2)7-14-11-6-9(12)4-5-10(11)13/h4-6,8,14H,3,7H2,1-2H3. The van der Waals surface area contributed by atoms with E-state index in [4.69, 9.17) is 0 Å². The molecule has 0 heterocycles. The smallest absolute Gasteiger partial charge is 0.146 e. The van der Waals surface area contributed by atoms with Gasteiger partial charge in [-0.3, -0.25) is 0 Å². The maximum atomic E-state index is 13.1. The molecule has 1 aromatic rings. The molecule has 0 saturated carbocycles. The normalized spacial score (nSPS) is 12.6. The van der Waals surface area contributed by atoms with Crippen LogP contribution in [0.25, 0.3) is 0 Å². The minimum absolute atomic E-state index is 0.241. The second-order valence-electron chi connectivity index (χ2n) is 3.52. The van der Waals surface area contributed by atoms with E-state index < -0.39 is 11.6 Å². The van der Waals surface area contributed by atoms with Crippen molar-refractivity contribution in [3.8, 4) is 0 Å². The van der Waals surface area contributed by atoms with Gasteiger partial charge in [-0.05, 0) is 24.1 Å². The van der Waals surface area contributed by atoms with Crippen LogP contribution in [0.3, 0.4) is 0 Å². The van der Waals surface area contributed by atoms with E-state index in [1.54, 1.807) is 0 Å². The van der Waals surface area contributed by atoms with Crippen LogP contribution in [0, 0.1) is 17.6 Å². The third-order valence-corrected chi connectivity index (χ3v) is 2.27. The van der Waals surface area contributed by atoms with Gasteiger partial charge < -0.3 is 5.32 Å². The van der Waals surface area contributed by atoms with E-state index >= 15 is 0 Å². The summed E-state index contributed by atoms with van der Waals surface area (Å²) in [5.41, 5.74) is 0.241. The summed E-state index contributed by atoms with van der Waals surface area (Å²) in [6.45, 7) is 4.79. The summed E-state index contributed by atoms with van der Waals surface area (Å²) in [5.74, 6) is -0.370. The second kappa shape index (κ2) is 4.94. The van der Waals surface area contributed by atoms with E-state index in [-0.39, 0.29) is 5.69 Å². The van der Waals surface area contributed by atoms with Crippen molar-refractivity contribution < 1.29 is 8.78 Å². The average Bonchev–Trinajstić information content (AvgIpc) is 2.19. The van der Waals surface area contributed by atoms with Crippen molar-refractivity contribution >= 4 is 5.69 Å². The quantitative estimate of drug-likeness (QED) is 0.783. The number of halogens is 2. The first kappa shape index (κ1) is 11.0. The Morgan fingerprint density at radius 2 is 2.07 bits per heavy atom. The highest BCUT2D eigenvalue weighted by atomic mass is 19.1. The maximum absolute atomic E-state index is 13.1. The summed E-state index contributed by atoms with van der Waals surface area (Å²) in [4.78, 5) is 0. The van der Waals surface area contributed by atoms with Gasteiger partial charge in [0.05, 0.1) is 5.69 Å². The molecular weight excluding hydrogens is 184 g/mol. The van der Waals surface area contributed by atoms with Crippen LogP contribution < -0.4 is 5.32 Å². The van der Waals surface area contributed by atoms with Gasteiger partial charge in [0.15, 0.2) is 0 Å². The van der Waals surface area contributed by atoms with Crippen molar-refractivity contribution in [3.63, 3.8) is 0 Å². The van der Waals surface area contributed by atoms with Crippen molar-refractivity contribution in [1.82, 2.24) is 0 Å². The molecule has 0 bridgehead atoms. The average molecular weight is 199 g/mol. The first-order chi connectivity index (χ1) is 6.63. The van der Waals surface area contributed by atoms with E-state index in [0.717, 1.165) is 18.6 Å². The predicted molar refractivity (Wildman–Crippen MR) is 54.3 cm³/mol. The third-order valence-electron chi connectivity index (χ3n) is 2.27. The van der Waals surface area contributed by atoms with Crippen LogP contribution in [0.1, 0.15) is 20.3 Å². The predicted octanol–water partition coefficient (Wildman–Crippen LogP) is 3.42. The zero-order valence-electron chi connectivity index (χ0n) is 8.48. The number of benzene rings is 1. The summed E-state index contributed by atoms with van der Waals surface area (Å²) in [5, 5.41) is 2.89. The molecule has 1 rings (SSSR count). The molecule has 0 aliphatic carbocycles. The summed E-state index contributed by atoms with van der Waals surface area (Å²) < 4.78 is 25.8. The Hall–Kier alpha value is -1.12. The molecule has 0 saturated heterocycles. The van der Waals surface area contributed by atoms with Crippen molar-refractivity contribution in [1.29, 1.82) is 0 Å². The van der Waals surface area contributed by atoms with Crippen LogP contribution in [0.4, 0.5) is 14.5 Å².